The van der Waals surface area contributed by atoms with Crippen molar-refractivity contribution in [1.29, 1.82) is 0 Å². The molecule has 4 rings (SSSR count). The average molecular weight is 478 g/mol. The first kappa shape index (κ1) is 24.6. The first-order valence-corrected chi connectivity index (χ1v) is 11.7. The summed E-state index contributed by atoms with van der Waals surface area (Å²) in [5.74, 6) is -1.63. The zero-order chi connectivity index (χ0) is 25.5. The number of amides is 1. The third-order valence-corrected chi connectivity index (χ3v) is 6.45. The van der Waals surface area contributed by atoms with Crippen molar-refractivity contribution >= 4 is 17.7 Å². The predicted molar refractivity (Wildman–Crippen MR) is 139 cm³/mol. The molecule has 0 radical (unpaired) electrons. The van der Waals surface area contributed by atoms with Crippen molar-refractivity contribution in [3.63, 3.8) is 0 Å². The third-order valence-electron chi connectivity index (χ3n) is 6.45. The Hall–Kier alpha value is -4.51. The number of carboxylic acid groups (broad SMARTS) is 1. The van der Waals surface area contributed by atoms with E-state index in [1.54, 1.807) is 55.5 Å². The van der Waals surface area contributed by atoms with E-state index in [9.17, 15) is 19.5 Å². The first-order chi connectivity index (χ1) is 17.4. The van der Waals surface area contributed by atoms with Crippen molar-refractivity contribution in [3.8, 4) is 0 Å². The van der Waals surface area contributed by atoms with Gasteiger partial charge in [-0.1, -0.05) is 115 Å². The van der Waals surface area contributed by atoms with Crippen LogP contribution >= 0.6 is 0 Å². The Kier molecular flexibility index (Phi) is 7.40. The van der Waals surface area contributed by atoms with Crippen molar-refractivity contribution in [1.82, 2.24) is 5.32 Å². The third kappa shape index (κ3) is 5.26. The fourth-order valence-electron chi connectivity index (χ4n) is 4.26. The van der Waals surface area contributed by atoms with Gasteiger partial charge in [0.2, 0.25) is 5.91 Å². The van der Waals surface area contributed by atoms with E-state index in [1.165, 1.54) is 0 Å². The largest absolute Gasteiger partial charge is 0.480 e. The molecule has 0 aliphatic heterocycles. The van der Waals surface area contributed by atoms with Crippen LogP contribution in [0.25, 0.3) is 0 Å². The van der Waals surface area contributed by atoms with Gasteiger partial charge < -0.3 is 10.4 Å². The Morgan fingerprint density at radius 3 is 1.61 bits per heavy atom. The molecule has 5 nitrogen and oxygen atoms in total. The summed E-state index contributed by atoms with van der Waals surface area (Å²) in [4.78, 5) is 38.4. The highest BCUT2D eigenvalue weighted by molar-refractivity contribution is 6.08. The molecule has 2 N–H and O–H groups in total. The van der Waals surface area contributed by atoms with E-state index in [-0.39, 0.29) is 12.2 Å². The number of carbonyl (C=O) groups excluding carboxylic acids is 2. The summed E-state index contributed by atoms with van der Waals surface area (Å²) in [6.07, 6.45) is 0.0839. The van der Waals surface area contributed by atoms with Crippen LogP contribution in [-0.4, -0.2) is 28.8 Å². The fourth-order valence-corrected chi connectivity index (χ4v) is 4.26. The molecule has 0 aliphatic rings. The second kappa shape index (κ2) is 10.8. The standard InChI is InChI=1S/C31H27NO4/c1-31(25-13-7-3-8-14-25,26-15-9-4-10-16-26)30(36)32-27(29(34)35)21-22-17-19-24(20-18-22)28(33)23-11-5-2-6-12-23/h2-20,27H,21H2,1H3,(H,32,36)(H,34,35)/t27-/m0/s1. The van der Waals surface area contributed by atoms with Crippen LogP contribution in [-0.2, 0) is 21.4 Å². The van der Waals surface area contributed by atoms with Gasteiger partial charge in [0, 0.05) is 17.5 Å². The number of rotatable bonds is 9. The number of hydrogen-bond acceptors (Lipinski definition) is 3. The van der Waals surface area contributed by atoms with Gasteiger partial charge in [0.15, 0.2) is 5.78 Å². The Bertz CT molecular complexity index is 1290. The first-order valence-electron chi connectivity index (χ1n) is 11.7. The van der Waals surface area contributed by atoms with E-state index in [1.807, 2.05) is 66.7 Å². The molecule has 0 saturated heterocycles. The van der Waals surface area contributed by atoms with Crippen LogP contribution in [0.5, 0.6) is 0 Å². The zero-order valence-corrected chi connectivity index (χ0v) is 19.9. The molecule has 0 aliphatic carbocycles. The van der Waals surface area contributed by atoms with Crippen molar-refractivity contribution in [3.05, 3.63) is 143 Å². The van der Waals surface area contributed by atoms with E-state index < -0.39 is 23.3 Å². The number of carbonyl (C=O) groups is 3. The highest BCUT2D eigenvalue weighted by Gasteiger charge is 2.39. The van der Waals surface area contributed by atoms with Crippen LogP contribution in [0.4, 0.5) is 0 Å². The molecule has 0 fully saturated rings. The minimum Gasteiger partial charge on any atom is -0.480 e. The average Bonchev–Trinajstić information content (AvgIpc) is 2.93. The molecule has 1 atom stereocenters. The van der Waals surface area contributed by atoms with Gasteiger partial charge in [-0.05, 0) is 23.6 Å². The molecule has 0 heterocycles. The molecule has 1 amide bonds. The monoisotopic (exact) mass is 477 g/mol. The van der Waals surface area contributed by atoms with Gasteiger partial charge in [-0.15, -0.1) is 0 Å². The number of ketones is 1. The van der Waals surface area contributed by atoms with E-state index >= 15 is 0 Å². The molecule has 4 aromatic carbocycles. The van der Waals surface area contributed by atoms with Gasteiger partial charge >= 0.3 is 5.97 Å². The molecule has 0 bridgehead atoms. The molecule has 5 heteroatoms. The predicted octanol–water partition coefficient (Wildman–Crippen LogP) is 5.04. The maximum absolute atomic E-state index is 13.7. The lowest BCUT2D eigenvalue weighted by atomic mass is 9.75. The minimum atomic E-state index is -1.14. The van der Waals surface area contributed by atoms with E-state index in [0.717, 1.165) is 11.1 Å². The van der Waals surface area contributed by atoms with Gasteiger partial charge in [0.05, 0.1) is 5.41 Å². The SMILES string of the molecule is CC(C(=O)N[C@@H](Cc1ccc(C(=O)c2ccccc2)cc1)C(=O)O)(c1ccccc1)c1ccccc1. The molecular formula is C31H27NO4. The van der Waals surface area contributed by atoms with E-state index in [4.69, 9.17) is 0 Å². The van der Waals surface area contributed by atoms with E-state index in [0.29, 0.717) is 16.7 Å². The molecule has 0 aromatic heterocycles. The molecule has 0 unspecified atom stereocenters. The highest BCUT2D eigenvalue weighted by atomic mass is 16.4. The van der Waals surface area contributed by atoms with Gasteiger partial charge in [-0.25, -0.2) is 4.79 Å². The van der Waals surface area contributed by atoms with Gasteiger partial charge in [-0.2, -0.15) is 0 Å². The molecule has 0 spiro atoms. The van der Waals surface area contributed by atoms with Crippen LogP contribution in [0.3, 0.4) is 0 Å². The molecule has 4 aromatic rings. The Morgan fingerprint density at radius 1 is 0.694 bits per heavy atom. The van der Waals surface area contributed by atoms with Crippen LogP contribution in [0.1, 0.15) is 39.5 Å². The van der Waals surface area contributed by atoms with Gasteiger partial charge in [0.1, 0.15) is 6.04 Å². The highest BCUT2D eigenvalue weighted by Crippen LogP contribution is 2.32. The Morgan fingerprint density at radius 2 is 1.14 bits per heavy atom. The van der Waals surface area contributed by atoms with Crippen LogP contribution in [0, 0.1) is 0 Å². The van der Waals surface area contributed by atoms with E-state index in [2.05, 4.69) is 5.32 Å². The Labute approximate surface area is 210 Å². The summed E-state index contributed by atoms with van der Waals surface area (Å²) >= 11 is 0. The number of aliphatic carboxylic acids is 1. The summed E-state index contributed by atoms with van der Waals surface area (Å²) in [5, 5.41) is 12.7. The second-order valence-electron chi connectivity index (χ2n) is 8.82. The molecular weight excluding hydrogens is 450 g/mol. The second-order valence-corrected chi connectivity index (χ2v) is 8.82. The zero-order valence-electron chi connectivity index (χ0n) is 19.9. The number of carboxylic acids is 1. The van der Waals surface area contributed by atoms with Crippen LogP contribution in [0.15, 0.2) is 115 Å². The van der Waals surface area contributed by atoms with Crippen molar-refractivity contribution in [2.75, 3.05) is 0 Å². The summed E-state index contributed by atoms with van der Waals surface area (Å²) in [6.45, 7) is 1.80. The lowest BCUT2D eigenvalue weighted by Crippen LogP contribution is -2.50. The Balaban J connectivity index is 1.55. The molecule has 180 valence electrons. The quantitative estimate of drug-likeness (QED) is 0.331. The molecule has 36 heavy (non-hydrogen) atoms. The maximum Gasteiger partial charge on any atom is 0.326 e. The lowest BCUT2D eigenvalue weighted by Gasteiger charge is -2.31. The van der Waals surface area contributed by atoms with Crippen molar-refractivity contribution in [2.45, 2.75) is 24.8 Å². The normalized spacial score (nSPS) is 11.9. The molecule has 0 saturated carbocycles. The summed E-state index contributed by atoms with van der Waals surface area (Å²) in [6, 6.07) is 33.3. The smallest absolute Gasteiger partial charge is 0.326 e. The number of hydrogen-bond donors (Lipinski definition) is 2. The maximum atomic E-state index is 13.7. The fraction of sp³-hybridized carbons (Fsp3) is 0.129. The van der Waals surface area contributed by atoms with Gasteiger partial charge in [0.25, 0.3) is 0 Å². The summed E-state index contributed by atoms with van der Waals surface area (Å²) < 4.78 is 0. The lowest BCUT2D eigenvalue weighted by molar-refractivity contribution is -0.142. The number of nitrogens with one attached hydrogen (secondary N) is 1. The summed E-state index contributed by atoms with van der Waals surface area (Å²) in [7, 11) is 0. The van der Waals surface area contributed by atoms with Gasteiger partial charge in [-0.3, -0.25) is 9.59 Å². The summed E-state index contributed by atoms with van der Waals surface area (Å²) in [5.41, 5.74) is 2.25. The minimum absolute atomic E-state index is 0.0839. The van der Waals surface area contributed by atoms with Crippen molar-refractivity contribution in [2.24, 2.45) is 0 Å². The van der Waals surface area contributed by atoms with Crippen LogP contribution < -0.4 is 5.32 Å². The van der Waals surface area contributed by atoms with Crippen molar-refractivity contribution < 1.29 is 19.5 Å². The number of benzene rings is 4. The topological polar surface area (TPSA) is 83.5 Å². The van der Waals surface area contributed by atoms with Crippen LogP contribution in [0.2, 0.25) is 0 Å².